The van der Waals surface area contributed by atoms with Gasteiger partial charge in [-0.15, -0.1) is 0 Å². The number of primary amides is 1. The molecule has 3 rings (SSSR count). The number of imidazole rings is 1. The van der Waals surface area contributed by atoms with Crippen molar-refractivity contribution >= 4 is 5.91 Å². The largest absolute Gasteiger partial charge is 0.368 e. The molecule has 134 valence electrons. The normalized spacial score (nSPS) is 20.4. The predicted octanol–water partition coefficient (Wildman–Crippen LogP) is 1.54. The van der Waals surface area contributed by atoms with Gasteiger partial charge in [0.25, 0.3) is 0 Å². The Labute approximate surface area is 148 Å². The smallest absolute Gasteiger partial charge is 0.238 e. The Morgan fingerprint density at radius 2 is 2.20 bits per heavy atom. The fourth-order valence-electron chi connectivity index (χ4n) is 3.58. The van der Waals surface area contributed by atoms with Crippen LogP contribution < -0.4 is 5.73 Å². The van der Waals surface area contributed by atoms with Crippen molar-refractivity contribution in [1.82, 2.24) is 24.4 Å². The van der Waals surface area contributed by atoms with E-state index in [1.807, 2.05) is 12.4 Å². The fourth-order valence-corrected chi connectivity index (χ4v) is 3.58. The Kier molecular flexibility index (Phi) is 5.43. The predicted molar refractivity (Wildman–Crippen MR) is 94.4 cm³/mol. The average molecular weight is 342 g/mol. The van der Waals surface area contributed by atoms with Crippen molar-refractivity contribution in [3.63, 3.8) is 0 Å². The zero-order chi connectivity index (χ0) is 17.7. The lowest BCUT2D eigenvalue weighted by molar-refractivity contribution is -0.141. The minimum Gasteiger partial charge on any atom is -0.368 e. The molecule has 7 nitrogen and oxygen atoms in total. The van der Waals surface area contributed by atoms with E-state index in [0.717, 1.165) is 56.7 Å². The summed E-state index contributed by atoms with van der Waals surface area (Å²) in [6.07, 6.45) is 13.2. The van der Waals surface area contributed by atoms with E-state index in [9.17, 15) is 4.79 Å². The Balaban J connectivity index is 1.63. The molecule has 1 aliphatic heterocycles. The molecule has 1 atom stereocenters. The van der Waals surface area contributed by atoms with Gasteiger partial charge < -0.3 is 10.3 Å². The summed E-state index contributed by atoms with van der Waals surface area (Å²) in [5.41, 5.74) is 6.19. The van der Waals surface area contributed by atoms with Gasteiger partial charge in [0.05, 0.1) is 12.2 Å². The summed E-state index contributed by atoms with van der Waals surface area (Å²) in [5, 5.41) is 0. The van der Waals surface area contributed by atoms with Crippen molar-refractivity contribution in [2.75, 3.05) is 6.54 Å². The summed E-state index contributed by atoms with van der Waals surface area (Å²) >= 11 is 0. The SMILES string of the molecule is CCCn1ccnc1CN1CCC1(CCCc1cnccn1)C(N)=O. The van der Waals surface area contributed by atoms with Crippen molar-refractivity contribution in [1.29, 1.82) is 0 Å². The molecule has 0 spiro atoms. The van der Waals surface area contributed by atoms with E-state index < -0.39 is 5.54 Å². The molecule has 0 aliphatic carbocycles. The second-order valence-corrected chi connectivity index (χ2v) is 6.65. The summed E-state index contributed by atoms with van der Waals surface area (Å²) in [6, 6.07) is 0. The molecule has 2 N–H and O–H groups in total. The van der Waals surface area contributed by atoms with Crippen LogP contribution >= 0.6 is 0 Å². The second kappa shape index (κ2) is 7.74. The highest BCUT2D eigenvalue weighted by Gasteiger charge is 2.49. The van der Waals surface area contributed by atoms with Crippen molar-refractivity contribution in [3.05, 3.63) is 42.5 Å². The number of rotatable bonds is 9. The zero-order valence-corrected chi connectivity index (χ0v) is 14.8. The maximum atomic E-state index is 12.2. The molecule has 2 aromatic heterocycles. The van der Waals surface area contributed by atoms with Crippen molar-refractivity contribution in [2.45, 2.75) is 57.7 Å². The van der Waals surface area contributed by atoms with Gasteiger partial charge in [-0.05, 0) is 32.1 Å². The highest BCUT2D eigenvalue weighted by atomic mass is 16.1. The summed E-state index contributed by atoms with van der Waals surface area (Å²) in [7, 11) is 0. The molecule has 0 saturated carbocycles. The van der Waals surface area contributed by atoms with E-state index in [4.69, 9.17) is 5.73 Å². The average Bonchev–Trinajstić information content (AvgIpc) is 3.03. The van der Waals surface area contributed by atoms with Gasteiger partial charge in [0.1, 0.15) is 11.4 Å². The highest BCUT2D eigenvalue weighted by Crippen LogP contribution is 2.36. The van der Waals surface area contributed by atoms with Crippen molar-refractivity contribution in [2.24, 2.45) is 5.73 Å². The van der Waals surface area contributed by atoms with E-state index in [-0.39, 0.29) is 5.91 Å². The molecule has 7 heteroatoms. The van der Waals surface area contributed by atoms with Crippen LogP contribution in [0.3, 0.4) is 0 Å². The molecule has 1 unspecified atom stereocenters. The summed E-state index contributed by atoms with van der Waals surface area (Å²) in [5.74, 6) is 0.771. The number of amides is 1. The number of nitrogens with zero attached hydrogens (tertiary/aromatic N) is 5. The fraction of sp³-hybridized carbons (Fsp3) is 0.556. The van der Waals surface area contributed by atoms with Gasteiger partial charge in [0, 0.05) is 44.1 Å². The molecular weight excluding hydrogens is 316 g/mol. The van der Waals surface area contributed by atoms with Crippen LogP contribution in [0.2, 0.25) is 0 Å². The van der Waals surface area contributed by atoms with Gasteiger partial charge in [-0.25, -0.2) is 4.98 Å². The standard InChI is InChI=1S/C18H26N6O/c1-2-10-23-12-9-22-16(23)14-24-11-6-18(24,17(19)25)5-3-4-15-13-20-7-8-21-15/h7-9,12-13H,2-6,10-11,14H2,1H3,(H2,19,25). The third-order valence-corrected chi connectivity index (χ3v) is 5.10. The Hall–Kier alpha value is -2.28. The minimum atomic E-state index is -0.550. The summed E-state index contributed by atoms with van der Waals surface area (Å²) in [6.45, 7) is 4.64. The number of hydrogen-bond acceptors (Lipinski definition) is 5. The number of nitrogens with two attached hydrogens (primary N) is 1. The first-order chi connectivity index (χ1) is 12.2. The number of aromatic nitrogens is 4. The molecular formula is C18H26N6O. The monoisotopic (exact) mass is 342 g/mol. The van der Waals surface area contributed by atoms with Crippen molar-refractivity contribution < 1.29 is 4.79 Å². The number of likely N-dealkylation sites (tertiary alicyclic amines) is 1. The van der Waals surface area contributed by atoms with Gasteiger partial charge in [-0.3, -0.25) is 19.7 Å². The number of hydrogen-bond donors (Lipinski definition) is 1. The summed E-state index contributed by atoms with van der Waals surface area (Å²) in [4.78, 5) is 27.2. The quantitative estimate of drug-likeness (QED) is 0.746. The molecule has 1 fully saturated rings. The van der Waals surface area contributed by atoms with E-state index in [1.165, 1.54) is 0 Å². The Bertz CT molecular complexity index is 701. The van der Waals surface area contributed by atoms with Crippen LogP contribution in [0.1, 0.15) is 44.1 Å². The second-order valence-electron chi connectivity index (χ2n) is 6.65. The molecule has 1 aliphatic rings. The van der Waals surface area contributed by atoms with Gasteiger partial charge in [-0.1, -0.05) is 6.92 Å². The lowest BCUT2D eigenvalue weighted by atomic mass is 9.79. The van der Waals surface area contributed by atoms with Gasteiger partial charge in [0.2, 0.25) is 5.91 Å². The lowest BCUT2D eigenvalue weighted by Crippen LogP contribution is -2.66. The zero-order valence-electron chi connectivity index (χ0n) is 14.8. The molecule has 2 aromatic rings. The first kappa shape index (κ1) is 17.5. The molecule has 1 saturated heterocycles. The third kappa shape index (κ3) is 3.71. The highest BCUT2D eigenvalue weighted by molar-refractivity contribution is 5.85. The van der Waals surface area contributed by atoms with Crippen LogP contribution in [0.4, 0.5) is 0 Å². The molecule has 3 heterocycles. The van der Waals surface area contributed by atoms with Crippen LogP contribution in [-0.2, 0) is 24.3 Å². The minimum absolute atomic E-state index is 0.230. The van der Waals surface area contributed by atoms with Crippen LogP contribution in [0.25, 0.3) is 0 Å². The molecule has 1 amide bonds. The molecule has 0 bridgehead atoms. The van der Waals surface area contributed by atoms with Crippen molar-refractivity contribution in [3.8, 4) is 0 Å². The van der Waals surface area contributed by atoms with Crippen LogP contribution in [0.5, 0.6) is 0 Å². The maximum absolute atomic E-state index is 12.2. The van der Waals surface area contributed by atoms with Gasteiger partial charge in [-0.2, -0.15) is 0 Å². The Morgan fingerprint density at radius 3 is 2.84 bits per heavy atom. The van der Waals surface area contributed by atoms with E-state index in [1.54, 1.807) is 18.6 Å². The van der Waals surface area contributed by atoms with Crippen LogP contribution in [-0.4, -0.2) is 42.4 Å². The van der Waals surface area contributed by atoms with Gasteiger partial charge in [0.15, 0.2) is 0 Å². The topological polar surface area (TPSA) is 89.9 Å². The number of carbonyl (C=O) groups is 1. The van der Waals surface area contributed by atoms with Crippen LogP contribution in [0.15, 0.2) is 31.0 Å². The Morgan fingerprint density at radius 1 is 1.32 bits per heavy atom. The first-order valence-electron chi connectivity index (χ1n) is 8.95. The number of carbonyl (C=O) groups excluding carboxylic acids is 1. The first-order valence-corrected chi connectivity index (χ1v) is 8.95. The number of aryl methyl sites for hydroxylation is 2. The molecule has 25 heavy (non-hydrogen) atoms. The van der Waals surface area contributed by atoms with E-state index in [0.29, 0.717) is 6.54 Å². The van der Waals surface area contributed by atoms with E-state index in [2.05, 4.69) is 31.3 Å². The maximum Gasteiger partial charge on any atom is 0.238 e. The lowest BCUT2D eigenvalue weighted by Gasteiger charge is -2.50. The third-order valence-electron chi connectivity index (χ3n) is 5.10. The summed E-state index contributed by atoms with van der Waals surface area (Å²) < 4.78 is 2.16. The van der Waals surface area contributed by atoms with Crippen LogP contribution in [0, 0.1) is 0 Å². The molecule has 0 aromatic carbocycles. The van der Waals surface area contributed by atoms with Gasteiger partial charge >= 0.3 is 0 Å². The van der Waals surface area contributed by atoms with E-state index >= 15 is 0 Å². The molecule has 0 radical (unpaired) electrons.